The molecule has 27 heavy (non-hydrogen) atoms. The van der Waals surface area contributed by atoms with Crippen LogP contribution in [0.25, 0.3) is 10.2 Å². The van der Waals surface area contributed by atoms with Crippen LogP contribution in [-0.4, -0.2) is 42.8 Å². The highest BCUT2D eigenvalue weighted by Gasteiger charge is 2.27. The minimum atomic E-state index is -3.43. The summed E-state index contributed by atoms with van der Waals surface area (Å²) in [5.41, 5.74) is 0.998. The molecule has 0 spiro atoms. The Labute approximate surface area is 163 Å². The number of sulfonamides is 1. The van der Waals surface area contributed by atoms with Crippen LogP contribution in [0.4, 0.5) is 5.82 Å². The second-order valence-corrected chi connectivity index (χ2v) is 9.77. The summed E-state index contributed by atoms with van der Waals surface area (Å²) in [6.45, 7) is 3.27. The van der Waals surface area contributed by atoms with E-state index in [9.17, 15) is 8.42 Å². The van der Waals surface area contributed by atoms with Crippen molar-refractivity contribution in [2.24, 2.45) is 0 Å². The SMILES string of the molecule is C[C@@H](c1nc2ccccc2s1)N(C)c1ccc(S(=O)(=O)N2CCCC2)cn1. The summed E-state index contributed by atoms with van der Waals surface area (Å²) in [6, 6.07) is 11.5. The Morgan fingerprint density at radius 3 is 2.56 bits per heavy atom. The van der Waals surface area contributed by atoms with Gasteiger partial charge in [-0.15, -0.1) is 11.3 Å². The predicted molar refractivity (Wildman–Crippen MR) is 109 cm³/mol. The van der Waals surface area contributed by atoms with E-state index in [1.807, 2.05) is 30.1 Å². The van der Waals surface area contributed by atoms with Crippen molar-refractivity contribution in [2.45, 2.75) is 30.7 Å². The minimum Gasteiger partial charge on any atom is -0.350 e. The highest BCUT2D eigenvalue weighted by Crippen LogP contribution is 2.31. The van der Waals surface area contributed by atoms with Crippen molar-refractivity contribution in [3.63, 3.8) is 0 Å². The van der Waals surface area contributed by atoms with Crippen molar-refractivity contribution < 1.29 is 8.42 Å². The fraction of sp³-hybridized carbons (Fsp3) is 0.368. The predicted octanol–water partition coefficient (Wildman–Crippen LogP) is 3.67. The van der Waals surface area contributed by atoms with E-state index in [2.05, 4.69) is 18.0 Å². The molecule has 1 aliphatic heterocycles. The molecule has 6 nitrogen and oxygen atoms in total. The summed E-state index contributed by atoms with van der Waals surface area (Å²) in [4.78, 5) is 11.4. The molecule has 1 fully saturated rings. The van der Waals surface area contributed by atoms with Gasteiger partial charge in [0.15, 0.2) is 0 Å². The summed E-state index contributed by atoms with van der Waals surface area (Å²) in [6.07, 6.45) is 3.31. The zero-order chi connectivity index (χ0) is 19.0. The van der Waals surface area contributed by atoms with Gasteiger partial charge in [0.25, 0.3) is 0 Å². The first kappa shape index (κ1) is 18.3. The fourth-order valence-corrected chi connectivity index (χ4v) is 5.77. The molecule has 0 bridgehead atoms. The molecule has 1 saturated heterocycles. The Bertz CT molecular complexity index is 1010. The molecular weight excluding hydrogens is 380 g/mol. The maximum Gasteiger partial charge on any atom is 0.244 e. The van der Waals surface area contributed by atoms with E-state index in [-0.39, 0.29) is 10.9 Å². The molecule has 0 amide bonds. The number of rotatable bonds is 5. The lowest BCUT2D eigenvalue weighted by Crippen LogP contribution is -2.28. The average molecular weight is 403 g/mol. The smallest absolute Gasteiger partial charge is 0.244 e. The van der Waals surface area contributed by atoms with Crippen LogP contribution in [0.5, 0.6) is 0 Å². The van der Waals surface area contributed by atoms with Gasteiger partial charge in [0.05, 0.1) is 16.3 Å². The highest BCUT2D eigenvalue weighted by atomic mass is 32.2. The van der Waals surface area contributed by atoms with Gasteiger partial charge in [0.1, 0.15) is 15.7 Å². The van der Waals surface area contributed by atoms with E-state index >= 15 is 0 Å². The van der Waals surface area contributed by atoms with E-state index in [4.69, 9.17) is 4.98 Å². The molecule has 3 aromatic rings. The van der Waals surface area contributed by atoms with Crippen molar-refractivity contribution in [1.29, 1.82) is 0 Å². The van der Waals surface area contributed by atoms with E-state index < -0.39 is 10.0 Å². The number of para-hydroxylation sites is 1. The number of nitrogens with zero attached hydrogens (tertiary/aromatic N) is 4. The molecule has 0 N–H and O–H groups in total. The molecule has 1 atom stereocenters. The number of aromatic nitrogens is 2. The number of fused-ring (bicyclic) bond motifs is 1. The Balaban J connectivity index is 1.55. The third-order valence-electron chi connectivity index (χ3n) is 5.03. The Morgan fingerprint density at radius 2 is 1.89 bits per heavy atom. The summed E-state index contributed by atoms with van der Waals surface area (Å²) >= 11 is 1.67. The quantitative estimate of drug-likeness (QED) is 0.651. The van der Waals surface area contributed by atoms with Gasteiger partial charge in [-0.3, -0.25) is 0 Å². The van der Waals surface area contributed by atoms with Crippen molar-refractivity contribution in [2.75, 3.05) is 25.0 Å². The van der Waals surface area contributed by atoms with Crippen LogP contribution in [0.1, 0.15) is 30.8 Å². The van der Waals surface area contributed by atoms with Gasteiger partial charge < -0.3 is 4.90 Å². The molecule has 1 aromatic carbocycles. The highest BCUT2D eigenvalue weighted by molar-refractivity contribution is 7.89. The van der Waals surface area contributed by atoms with Crippen LogP contribution in [0.15, 0.2) is 47.5 Å². The minimum absolute atomic E-state index is 0.0379. The van der Waals surface area contributed by atoms with Crippen LogP contribution < -0.4 is 4.90 Å². The number of hydrogen-bond donors (Lipinski definition) is 0. The summed E-state index contributed by atoms with van der Waals surface area (Å²) in [5, 5.41) is 1.01. The monoisotopic (exact) mass is 402 g/mol. The Kier molecular flexibility index (Phi) is 4.88. The summed E-state index contributed by atoms with van der Waals surface area (Å²) in [5.74, 6) is 0.724. The lowest BCUT2D eigenvalue weighted by atomic mass is 10.3. The number of hydrogen-bond acceptors (Lipinski definition) is 6. The molecule has 0 unspecified atom stereocenters. The maximum atomic E-state index is 12.6. The van der Waals surface area contributed by atoms with Crippen LogP contribution in [-0.2, 0) is 10.0 Å². The standard InChI is InChI=1S/C19H22N4O2S2/c1-14(19-21-16-7-3-4-8-17(16)26-19)22(2)18-10-9-15(13-20-18)27(24,25)23-11-5-6-12-23/h3-4,7-10,13-14H,5-6,11-12H2,1-2H3/t14-/m0/s1. The molecule has 3 heterocycles. The summed E-state index contributed by atoms with van der Waals surface area (Å²) in [7, 11) is -1.48. The summed E-state index contributed by atoms with van der Waals surface area (Å²) < 4.78 is 28.0. The van der Waals surface area contributed by atoms with Crippen molar-refractivity contribution >= 4 is 37.4 Å². The van der Waals surface area contributed by atoms with Gasteiger partial charge in [0.2, 0.25) is 10.0 Å². The number of benzene rings is 1. The molecule has 0 aliphatic carbocycles. The van der Waals surface area contributed by atoms with Crippen LogP contribution >= 0.6 is 11.3 Å². The van der Waals surface area contributed by atoms with Gasteiger partial charge in [-0.2, -0.15) is 4.31 Å². The number of thiazole rings is 1. The zero-order valence-corrected chi connectivity index (χ0v) is 17.0. The molecule has 0 saturated carbocycles. The van der Waals surface area contributed by atoms with E-state index in [1.54, 1.807) is 23.5 Å². The molecular formula is C19H22N4O2S2. The number of anilines is 1. The Morgan fingerprint density at radius 1 is 1.15 bits per heavy atom. The van der Waals surface area contributed by atoms with Gasteiger partial charge in [-0.1, -0.05) is 12.1 Å². The molecule has 4 rings (SSSR count). The second kappa shape index (κ2) is 7.18. The van der Waals surface area contributed by atoms with Crippen LogP contribution in [0.3, 0.4) is 0 Å². The molecule has 1 aliphatic rings. The number of pyridine rings is 1. The molecule has 8 heteroatoms. The molecule has 2 aromatic heterocycles. The first-order valence-electron chi connectivity index (χ1n) is 9.01. The maximum absolute atomic E-state index is 12.6. The largest absolute Gasteiger partial charge is 0.350 e. The third-order valence-corrected chi connectivity index (χ3v) is 8.12. The molecule has 142 valence electrons. The lowest BCUT2D eigenvalue weighted by molar-refractivity contribution is 0.477. The normalized spacial score (nSPS) is 16.7. The van der Waals surface area contributed by atoms with Crippen molar-refractivity contribution in [3.05, 3.63) is 47.6 Å². The first-order chi connectivity index (χ1) is 13.0. The van der Waals surface area contributed by atoms with E-state index in [0.717, 1.165) is 33.9 Å². The van der Waals surface area contributed by atoms with Gasteiger partial charge in [-0.25, -0.2) is 18.4 Å². The van der Waals surface area contributed by atoms with Crippen LogP contribution in [0, 0.1) is 0 Å². The van der Waals surface area contributed by atoms with Crippen molar-refractivity contribution in [3.8, 4) is 0 Å². The van der Waals surface area contributed by atoms with Gasteiger partial charge >= 0.3 is 0 Å². The lowest BCUT2D eigenvalue weighted by Gasteiger charge is -2.24. The Hall–Kier alpha value is -2.03. The van der Waals surface area contributed by atoms with E-state index in [0.29, 0.717) is 13.1 Å². The first-order valence-corrected chi connectivity index (χ1v) is 11.3. The van der Waals surface area contributed by atoms with E-state index in [1.165, 1.54) is 10.5 Å². The van der Waals surface area contributed by atoms with Crippen molar-refractivity contribution in [1.82, 2.24) is 14.3 Å². The van der Waals surface area contributed by atoms with Crippen LogP contribution in [0.2, 0.25) is 0 Å². The second-order valence-electron chi connectivity index (χ2n) is 6.77. The average Bonchev–Trinajstić information content (AvgIpc) is 3.37. The van der Waals surface area contributed by atoms with Gasteiger partial charge in [-0.05, 0) is 44.0 Å². The third kappa shape index (κ3) is 3.44. The van der Waals surface area contributed by atoms with Gasteiger partial charge in [0, 0.05) is 26.3 Å². The zero-order valence-electron chi connectivity index (χ0n) is 15.4. The topological polar surface area (TPSA) is 66.4 Å². The fourth-order valence-electron chi connectivity index (χ4n) is 3.24. The molecule has 0 radical (unpaired) electrons.